The molecule has 232 valence electrons. The van der Waals surface area contributed by atoms with Gasteiger partial charge in [0.15, 0.2) is 0 Å². The summed E-state index contributed by atoms with van der Waals surface area (Å²) in [6.07, 6.45) is 20.4. The van der Waals surface area contributed by atoms with Crippen LogP contribution in [0.25, 0.3) is 20.4 Å². The minimum absolute atomic E-state index is 0. The molecule has 0 spiro atoms. The zero-order valence-corrected chi connectivity index (χ0v) is 26.6. The van der Waals surface area contributed by atoms with Gasteiger partial charge in [0, 0.05) is 33.9 Å². The minimum atomic E-state index is 0. The summed E-state index contributed by atoms with van der Waals surface area (Å²) in [7, 11) is 4.39. The number of nitrogens with zero attached hydrogens (tertiary/aromatic N) is 5. The predicted molar refractivity (Wildman–Crippen MR) is 183 cm³/mol. The maximum atomic E-state index is 5.99. The number of hydrogen-bond acceptors (Lipinski definition) is 10. The van der Waals surface area contributed by atoms with E-state index in [1.807, 2.05) is 22.7 Å². The molecule has 0 atom stereocenters. The third-order valence-corrected chi connectivity index (χ3v) is 12.3. The summed E-state index contributed by atoms with van der Waals surface area (Å²) in [4.78, 5) is 25.8. The lowest BCUT2D eigenvalue weighted by atomic mass is 9.90. The van der Waals surface area contributed by atoms with Gasteiger partial charge in [0.2, 0.25) is 0 Å². The van der Waals surface area contributed by atoms with Crippen molar-refractivity contribution in [3.63, 3.8) is 0 Å². The standard InChI is InChI=1S/C17H24N4S.C15H20N4S.CH4/c1-21(2)12-8-6-11(7-9-12)20-16-15-13-4-3-5-14(13)22-17(15)19-10-18-16;16-9-4-6-10(7-5-9)19-14-13-11-2-1-3-12(11)20-15(13)18-8-17-14;/h10-12H,3-9H2,1-2H3,(H,18,19,20);8-10H,1-7,16H2,(H,17,18,19);1H4. The molecule has 0 radical (unpaired) electrons. The van der Waals surface area contributed by atoms with Crippen molar-refractivity contribution in [1.29, 1.82) is 0 Å². The summed E-state index contributed by atoms with van der Waals surface area (Å²) < 4.78 is 0. The second kappa shape index (κ2) is 13.3. The topological polar surface area (TPSA) is 105 Å². The second-order valence-corrected chi connectivity index (χ2v) is 15.1. The molecular formula is C33H48N8S2. The Morgan fingerprint density at radius 2 is 1.14 bits per heavy atom. The summed E-state index contributed by atoms with van der Waals surface area (Å²) >= 11 is 3.72. The molecule has 0 aliphatic heterocycles. The van der Waals surface area contributed by atoms with Crippen LogP contribution >= 0.6 is 22.7 Å². The molecule has 4 heterocycles. The Morgan fingerprint density at radius 3 is 1.60 bits per heavy atom. The van der Waals surface area contributed by atoms with Crippen LogP contribution in [-0.4, -0.2) is 63.1 Å². The van der Waals surface area contributed by atoms with E-state index in [1.54, 1.807) is 12.7 Å². The fraction of sp³-hybridized carbons (Fsp3) is 0.636. The van der Waals surface area contributed by atoms with Gasteiger partial charge in [0.25, 0.3) is 0 Å². The zero-order valence-electron chi connectivity index (χ0n) is 25.0. The lowest BCUT2D eigenvalue weighted by molar-refractivity contribution is 0.221. The summed E-state index contributed by atoms with van der Waals surface area (Å²) in [5.74, 6) is 2.13. The Kier molecular flexibility index (Phi) is 9.47. The van der Waals surface area contributed by atoms with Gasteiger partial charge < -0.3 is 21.3 Å². The van der Waals surface area contributed by atoms with Crippen LogP contribution in [0.2, 0.25) is 0 Å². The number of aryl methyl sites for hydroxylation is 4. The van der Waals surface area contributed by atoms with E-state index in [1.165, 1.54) is 101 Å². The van der Waals surface area contributed by atoms with Crippen LogP contribution in [0.5, 0.6) is 0 Å². The van der Waals surface area contributed by atoms with Gasteiger partial charge in [0.1, 0.15) is 34.0 Å². The quantitative estimate of drug-likeness (QED) is 0.220. The van der Waals surface area contributed by atoms with Crippen LogP contribution in [0.1, 0.15) is 92.5 Å². The van der Waals surface area contributed by atoms with Crippen molar-refractivity contribution in [3.8, 4) is 0 Å². The van der Waals surface area contributed by atoms with E-state index in [0.29, 0.717) is 18.1 Å². The van der Waals surface area contributed by atoms with Crippen LogP contribution < -0.4 is 16.4 Å². The second-order valence-electron chi connectivity index (χ2n) is 12.9. The van der Waals surface area contributed by atoms with Crippen molar-refractivity contribution in [1.82, 2.24) is 24.8 Å². The van der Waals surface area contributed by atoms with Crippen LogP contribution in [0.15, 0.2) is 12.7 Å². The third-order valence-electron chi connectivity index (χ3n) is 9.88. The lowest BCUT2D eigenvalue weighted by Gasteiger charge is -2.33. The van der Waals surface area contributed by atoms with E-state index in [2.05, 4.69) is 49.6 Å². The lowest BCUT2D eigenvalue weighted by Crippen LogP contribution is -2.36. The molecule has 4 aromatic rings. The Labute approximate surface area is 264 Å². The van der Waals surface area contributed by atoms with Crippen LogP contribution in [0, 0.1) is 0 Å². The average Bonchev–Trinajstić information content (AvgIpc) is 3.77. The molecule has 8 rings (SSSR count). The molecule has 2 saturated carbocycles. The monoisotopic (exact) mass is 620 g/mol. The first-order chi connectivity index (χ1) is 20.5. The average molecular weight is 621 g/mol. The van der Waals surface area contributed by atoms with Crippen molar-refractivity contribution < 1.29 is 0 Å². The molecule has 0 aromatic carbocycles. The van der Waals surface area contributed by atoms with Gasteiger partial charge in [-0.25, -0.2) is 19.9 Å². The molecule has 4 N–H and O–H groups in total. The Bertz CT molecular complexity index is 1530. The van der Waals surface area contributed by atoms with Gasteiger partial charge in [0.05, 0.1) is 10.8 Å². The zero-order chi connectivity index (χ0) is 28.6. The molecule has 4 aliphatic rings. The fourth-order valence-electron chi connectivity index (χ4n) is 7.46. The maximum Gasteiger partial charge on any atom is 0.138 e. The largest absolute Gasteiger partial charge is 0.367 e. The van der Waals surface area contributed by atoms with Gasteiger partial charge in [-0.3, -0.25) is 0 Å². The van der Waals surface area contributed by atoms with Gasteiger partial charge in [-0.2, -0.15) is 0 Å². The molecule has 0 amide bonds. The number of anilines is 2. The molecule has 2 fully saturated rings. The normalized spacial score (nSPS) is 24.7. The van der Waals surface area contributed by atoms with Crippen molar-refractivity contribution in [2.24, 2.45) is 5.73 Å². The minimum Gasteiger partial charge on any atom is -0.367 e. The van der Waals surface area contributed by atoms with Crippen molar-refractivity contribution in [3.05, 3.63) is 33.5 Å². The highest BCUT2D eigenvalue weighted by molar-refractivity contribution is 7.19. The van der Waals surface area contributed by atoms with Gasteiger partial charge in [-0.1, -0.05) is 7.43 Å². The predicted octanol–water partition coefficient (Wildman–Crippen LogP) is 6.96. The van der Waals surface area contributed by atoms with E-state index in [0.717, 1.165) is 48.2 Å². The van der Waals surface area contributed by atoms with Crippen LogP contribution in [0.4, 0.5) is 11.6 Å². The number of hydrogen-bond donors (Lipinski definition) is 3. The first kappa shape index (κ1) is 30.6. The Hall–Kier alpha value is -2.40. The SMILES string of the molecule is C.CN(C)C1CCC(Nc2ncnc3sc4c(c23)CCC4)CC1.NC1CCC(Nc2ncnc3sc4c(c23)CCC4)CC1. The van der Waals surface area contributed by atoms with Gasteiger partial charge in [-0.05, 0) is 115 Å². The van der Waals surface area contributed by atoms with Crippen LogP contribution in [0.3, 0.4) is 0 Å². The highest BCUT2D eigenvalue weighted by atomic mass is 32.1. The van der Waals surface area contributed by atoms with E-state index in [4.69, 9.17) is 5.73 Å². The number of nitrogens with two attached hydrogens (primary N) is 1. The molecule has 43 heavy (non-hydrogen) atoms. The maximum absolute atomic E-state index is 5.99. The molecule has 4 aliphatic carbocycles. The van der Waals surface area contributed by atoms with Crippen LogP contribution in [-0.2, 0) is 25.7 Å². The highest BCUT2D eigenvalue weighted by Gasteiger charge is 2.26. The Morgan fingerprint density at radius 1 is 0.674 bits per heavy atom. The third kappa shape index (κ3) is 6.39. The van der Waals surface area contributed by atoms with E-state index in [9.17, 15) is 0 Å². The first-order valence-electron chi connectivity index (χ1n) is 16.0. The summed E-state index contributed by atoms with van der Waals surface area (Å²) in [6, 6.07) is 2.22. The number of rotatable bonds is 5. The van der Waals surface area contributed by atoms with E-state index >= 15 is 0 Å². The molecule has 8 nitrogen and oxygen atoms in total. The first-order valence-corrected chi connectivity index (χ1v) is 17.6. The molecule has 10 heteroatoms. The number of nitrogens with one attached hydrogen (secondary N) is 2. The molecule has 4 aromatic heterocycles. The van der Waals surface area contributed by atoms with Gasteiger partial charge in [-0.15, -0.1) is 22.7 Å². The molecular weight excluding hydrogens is 573 g/mol. The van der Waals surface area contributed by atoms with E-state index < -0.39 is 0 Å². The van der Waals surface area contributed by atoms with E-state index in [-0.39, 0.29) is 7.43 Å². The van der Waals surface area contributed by atoms with Crippen molar-refractivity contribution in [2.75, 3.05) is 24.7 Å². The molecule has 0 unspecified atom stereocenters. The summed E-state index contributed by atoms with van der Waals surface area (Å²) in [5, 5.41) is 10.0. The molecule has 0 bridgehead atoms. The summed E-state index contributed by atoms with van der Waals surface area (Å²) in [6.45, 7) is 0. The fourth-order valence-corrected chi connectivity index (χ4v) is 9.92. The van der Waals surface area contributed by atoms with Crippen molar-refractivity contribution in [2.45, 2.75) is 121 Å². The number of thiophene rings is 2. The van der Waals surface area contributed by atoms with Gasteiger partial charge >= 0.3 is 0 Å². The molecule has 0 saturated heterocycles. The number of aromatic nitrogens is 4. The van der Waals surface area contributed by atoms with Crippen molar-refractivity contribution >= 4 is 54.7 Å². The summed E-state index contributed by atoms with van der Waals surface area (Å²) in [5.41, 5.74) is 9.01. The number of fused-ring (bicyclic) bond motifs is 6. The Balaban J connectivity index is 0.000000150. The highest BCUT2D eigenvalue weighted by Crippen LogP contribution is 2.41. The smallest absolute Gasteiger partial charge is 0.138 e.